The first-order valence-corrected chi connectivity index (χ1v) is 4.88. The molecule has 2 N–H and O–H groups in total. The van der Waals surface area contributed by atoms with Crippen LogP contribution in [0.15, 0.2) is 10.6 Å². The van der Waals surface area contributed by atoms with E-state index < -0.39 is 12.7 Å². The van der Waals surface area contributed by atoms with E-state index in [2.05, 4.69) is 5.16 Å². The minimum Gasteiger partial charge on any atom is -0.360 e. The average Bonchev–Trinajstić information content (AvgIpc) is 2.62. The van der Waals surface area contributed by atoms with Gasteiger partial charge in [0.15, 0.2) is 5.76 Å². The molecule has 0 fully saturated rings. The first-order chi connectivity index (χ1) is 7.44. The van der Waals surface area contributed by atoms with Crippen LogP contribution in [0.3, 0.4) is 0 Å². The van der Waals surface area contributed by atoms with Crippen molar-refractivity contribution in [2.75, 3.05) is 13.1 Å². The molecule has 92 valence electrons. The summed E-state index contributed by atoms with van der Waals surface area (Å²) < 4.78 is 41.3. The lowest BCUT2D eigenvalue weighted by molar-refractivity contribution is -0.147. The number of halogens is 3. The third-order valence-corrected chi connectivity index (χ3v) is 2.05. The van der Waals surface area contributed by atoms with E-state index in [0.29, 0.717) is 11.5 Å². The Labute approximate surface area is 91.2 Å². The number of nitrogens with zero attached hydrogens (tertiary/aromatic N) is 2. The first-order valence-electron chi connectivity index (χ1n) is 4.88. The molecule has 1 rings (SSSR count). The van der Waals surface area contributed by atoms with Gasteiger partial charge >= 0.3 is 6.18 Å². The fraction of sp³-hybridized carbons (Fsp3) is 0.667. The normalized spacial score (nSPS) is 12.4. The Hall–Kier alpha value is -1.08. The van der Waals surface area contributed by atoms with Crippen LogP contribution >= 0.6 is 0 Å². The lowest BCUT2D eigenvalue weighted by Gasteiger charge is -2.20. The van der Waals surface area contributed by atoms with E-state index in [1.807, 2.05) is 0 Å². The van der Waals surface area contributed by atoms with Crippen LogP contribution in [0, 0.1) is 0 Å². The zero-order valence-electron chi connectivity index (χ0n) is 8.92. The monoisotopic (exact) mass is 237 g/mol. The van der Waals surface area contributed by atoms with Gasteiger partial charge in [-0.1, -0.05) is 12.1 Å². The van der Waals surface area contributed by atoms with Crippen molar-refractivity contribution in [3.05, 3.63) is 17.5 Å². The molecule has 0 aromatic carbocycles. The molecule has 0 radical (unpaired) electrons. The van der Waals surface area contributed by atoms with Gasteiger partial charge in [0.2, 0.25) is 0 Å². The van der Waals surface area contributed by atoms with Gasteiger partial charge in [0.1, 0.15) is 0 Å². The smallest absolute Gasteiger partial charge is 0.360 e. The van der Waals surface area contributed by atoms with Crippen molar-refractivity contribution in [2.45, 2.75) is 26.2 Å². The van der Waals surface area contributed by atoms with Gasteiger partial charge in [-0.25, -0.2) is 0 Å². The van der Waals surface area contributed by atoms with Crippen molar-refractivity contribution in [3.8, 4) is 0 Å². The Bertz CT molecular complexity index is 324. The van der Waals surface area contributed by atoms with Crippen molar-refractivity contribution in [2.24, 2.45) is 5.73 Å². The maximum Gasteiger partial charge on any atom is 0.401 e. The van der Waals surface area contributed by atoms with Gasteiger partial charge in [-0.15, -0.1) is 0 Å². The molecule has 0 aliphatic heterocycles. The zero-order chi connectivity index (χ0) is 12.2. The SMILES string of the molecule is CCN(Cc1cc(CN)no1)CC(F)(F)F. The minimum atomic E-state index is -4.20. The zero-order valence-corrected chi connectivity index (χ0v) is 8.92. The highest BCUT2D eigenvalue weighted by atomic mass is 19.4. The summed E-state index contributed by atoms with van der Waals surface area (Å²) in [5.74, 6) is 0.395. The van der Waals surface area contributed by atoms with Gasteiger partial charge < -0.3 is 10.3 Å². The predicted molar refractivity (Wildman–Crippen MR) is 51.4 cm³/mol. The molecule has 0 saturated heterocycles. The Morgan fingerprint density at radius 3 is 2.62 bits per heavy atom. The van der Waals surface area contributed by atoms with Crippen LogP contribution in [0.2, 0.25) is 0 Å². The van der Waals surface area contributed by atoms with E-state index in [0.717, 1.165) is 0 Å². The Morgan fingerprint density at radius 2 is 2.19 bits per heavy atom. The number of alkyl halides is 3. The molecular formula is C9H14F3N3O. The molecule has 16 heavy (non-hydrogen) atoms. The highest BCUT2D eigenvalue weighted by Crippen LogP contribution is 2.18. The Kier molecular flexibility index (Phi) is 4.31. The summed E-state index contributed by atoms with van der Waals surface area (Å²) in [5.41, 5.74) is 5.85. The summed E-state index contributed by atoms with van der Waals surface area (Å²) in [4.78, 5) is 1.22. The van der Waals surface area contributed by atoms with Crippen LogP contribution in [-0.2, 0) is 13.1 Å². The highest BCUT2D eigenvalue weighted by Gasteiger charge is 2.30. The summed E-state index contributed by atoms with van der Waals surface area (Å²) >= 11 is 0. The fourth-order valence-corrected chi connectivity index (χ4v) is 1.28. The topological polar surface area (TPSA) is 55.3 Å². The molecule has 0 aliphatic rings. The molecule has 0 amide bonds. The Morgan fingerprint density at radius 1 is 1.50 bits per heavy atom. The van der Waals surface area contributed by atoms with Crippen molar-refractivity contribution >= 4 is 0 Å². The quantitative estimate of drug-likeness (QED) is 0.843. The molecule has 0 unspecified atom stereocenters. The van der Waals surface area contributed by atoms with Crippen LogP contribution in [0.1, 0.15) is 18.4 Å². The maximum atomic E-state index is 12.2. The highest BCUT2D eigenvalue weighted by molar-refractivity contribution is 5.04. The molecule has 7 heteroatoms. The van der Waals surface area contributed by atoms with Crippen LogP contribution in [0.4, 0.5) is 13.2 Å². The third-order valence-electron chi connectivity index (χ3n) is 2.05. The summed E-state index contributed by atoms with van der Waals surface area (Å²) in [6, 6.07) is 1.57. The van der Waals surface area contributed by atoms with Crippen LogP contribution in [0.25, 0.3) is 0 Å². The number of nitrogens with two attached hydrogens (primary N) is 1. The second-order valence-corrected chi connectivity index (χ2v) is 3.41. The molecule has 1 aromatic heterocycles. The molecule has 0 atom stereocenters. The average molecular weight is 237 g/mol. The molecule has 0 aliphatic carbocycles. The number of aromatic nitrogens is 1. The van der Waals surface area contributed by atoms with Gasteiger partial charge in [-0.3, -0.25) is 4.90 Å². The van der Waals surface area contributed by atoms with Gasteiger partial charge in [0, 0.05) is 12.6 Å². The van der Waals surface area contributed by atoms with Crippen LogP contribution in [-0.4, -0.2) is 29.3 Å². The molecule has 4 nitrogen and oxygen atoms in total. The van der Waals surface area contributed by atoms with Gasteiger partial charge in [-0.05, 0) is 6.54 Å². The minimum absolute atomic E-state index is 0.0863. The van der Waals surface area contributed by atoms with E-state index >= 15 is 0 Å². The second kappa shape index (κ2) is 5.31. The van der Waals surface area contributed by atoms with Gasteiger partial charge in [0.05, 0.1) is 18.8 Å². The fourth-order valence-electron chi connectivity index (χ4n) is 1.28. The lowest BCUT2D eigenvalue weighted by atomic mass is 10.3. The van der Waals surface area contributed by atoms with Gasteiger partial charge in [0.25, 0.3) is 0 Å². The predicted octanol–water partition coefficient (Wildman–Crippen LogP) is 1.52. The van der Waals surface area contributed by atoms with E-state index in [1.54, 1.807) is 13.0 Å². The van der Waals surface area contributed by atoms with Crippen molar-refractivity contribution in [1.82, 2.24) is 10.1 Å². The molecule has 1 heterocycles. The second-order valence-electron chi connectivity index (χ2n) is 3.41. The van der Waals surface area contributed by atoms with E-state index in [1.165, 1.54) is 4.90 Å². The van der Waals surface area contributed by atoms with E-state index in [9.17, 15) is 13.2 Å². The lowest BCUT2D eigenvalue weighted by Crippen LogP contribution is -2.33. The molecule has 0 spiro atoms. The first kappa shape index (κ1) is 13.0. The van der Waals surface area contributed by atoms with E-state index in [4.69, 9.17) is 10.3 Å². The summed E-state index contributed by atoms with van der Waals surface area (Å²) in [7, 11) is 0. The maximum absolute atomic E-state index is 12.2. The van der Waals surface area contributed by atoms with Crippen molar-refractivity contribution in [1.29, 1.82) is 0 Å². The molecular weight excluding hydrogens is 223 g/mol. The number of hydrogen-bond donors (Lipinski definition) is 1. The summed E-state index contributed by atoms with van der Waals surface area (Å²) in [5, 5.41) is 3.61. The Balaban J connectivity index is 2.56. The number of hydrogen-bond acceptors (Lipinski definition) is 4. The van der Waals surface area contributed by atoms with Crippen LogP contribution in [0.5, 0.6) is 0 Å². The standard InChI is InChI=1S/C9H14F3N3O/c1-2-15(6-9(10,11)12)5-8-3-7(4-13)14-16-8/h3H,2,4-6,13H2,1H3. The summed E-state index contributed by atoms with van der Waals surface area (Å²) in [6.07, 6.45) is -4.20. The summed E-state index contributed by atoms with van der Waals surface area (Å²) in [6.45, 7) is 1.30. The molecule has 0 saturated carbocycles. The van der Waals surface area contributed by atoms with E-state index in [-0.39, 0.29) is 19.6 Å². The van der Waals surface area contributed by atoms with Crippen molar-refractivity contribution in [3.63, 3.8) is 0 Å². The van der Waals surface area contributed by atoms with Crippen molar-refractivity contribution < 1.29 is 17.7 Å². The number of rotatable bonds is 5. The molecule has 1 aromatic rings. The third kappa shape index (κ3) is 4.19. The van der Waals surface area contributed by atoms with Gasteiger partial charge in [-0.2, -0.15) is 13.2 Å². The largest absolute Gasteiger partial charge is 0.401 e. The van der Waals surface area contributed by atoms with Crippen LogP contribution < -0.4 is 5.73 Å². The molecule has 0 bridgehead atoms.